The molecule has 4 rings (SSSR count). The number of amides is 1. The number of halogens is 1. The lowest BCUT2D eigenvalue weighted by Crippen LogP contribution is -2.16. The van der Waals surface area contributed by atoms with Crippen LogP contribution in [0.15, 0.2) is 70.8 Å². The van der Waals surface area contributed by atoms with Crippen LogP contribution in [0.4, 0.5) is 5.69 Å². The number of hydrogen-bond donors (Lipinski definition) is 1. The third-order valence-electron chi connectivity index (χ3n) is 4.92. The van der Waals surface area contributed by atoms with E-state index in [0.717, 1.165) is 22.2 Å². The predicted octanol–water partition coefficient (Wildman–Crippen LogP) is 6.38. The van der Waals surface area contributed by atoms with Crippen LogP contribution in [0.1, 0.15) is 25.3 Å². The molecule has 164 valence electrons. The standard InChI is InChI=1S/C24H23ClN4O2S/c1-4-11-29-23(21-13-16-12-17(25)9-10-20(16)31-21)27-28-24(29)32-14-22(30)26-19-8-6-5-7-18(19)15(2)3/h4-10,12-13,15H,1,11,14H2,2-3H3,(H,26,30). The molecule has 0 atom stereocenters. The van der Waals surface area contributed by atoms with Crippen LogP contribution in [0.2, 0.25) is 5.02 Å². The average molecular weight is 467 g/mol. The zero-order chi connectivity index (χ0) is 22.7. The van der Waals surface area contributed by atoms with E-state index in [1.807, 2.05) is 47.0 Å². The number of nitrogens with zero attached hydrogens (tertiary/aromatic N) is 3. The summed E-state index contributed by atoms with van der Waals surface area (Å²) < 4.78 is 7.83. The summed E-state index contributed by atoms with van der Waals surface area (Å²) >= 11 is 7.41. The molecule has 32 heavy (non-hydrogen) atoms. The zero-order valence-corrected chi connectivity index (χ0v) is 19.4. The smallest absolute Gasteiger partial charge is 0.234 e. The SMILES string of the molecule is C=CCn1c(SCC(=O)Nc2ccccc2C(C)C)nnc1-c1cc2cc(Cl)ccc2o1. The monoisotopic (exact) mass is 466 g/mol. The molecule has 2 aromatic carbocycles. The highest BCUT2D eigenvalue weighted by Crippen LogP contribution is 2.31. The molecule has 0 aliphatic heterocycles. The third kappa shape index (κ3) is 4.74. The van der Waals surface area contributed by atoms with Crippen molar-refractivity contribution in [2.75, 3.05) is 11.1 Å². The molecule has 0 unspecified atom stereocenters. The molecule has 0 saturated carbocycles. The van der Waals surface area contributed by atoms with Crippen molar-refractivity contribution in [3.8, 4) is 11.6 Å². The molecule has 0 saturated heterocycles. The highest BCUT2D eigenvalue weighted by molar-refractivity contribution is 7.99. The Hall–Kier alpha value is -3.03. The Morgan fingerprint density at radius 3 is 2.84 bits per heavy atom. The molecule has 0 aliphatic rings. The molecule has 0 radical (unpaired) electrons. The molecule has 2 heterocycles. The molecule has 8 heteroatoms. The third-order valence-corrected chi connectivity index (χ3v) is 6.12. The van der Waals surface area contributed by atoms with E-state index in [1.54, 1.807) is 12.1 Å². The molecule has 0 aliphatic carbocycles. The number of para-hydroxylation sites is 1. The number of aromatic nitrogens is 3. The van der Waals surface area contributed by atoms with E-state index >= 15 is 0 Å². The summed E-state index contributed by atoms with van der Waals surface area (Å²) in [5.41, 5.74) is 2.66. The topological polar surface area (TPSA) is 73.0 Å². The average Bonchev–Trinajstić information content (AvgIpc) is 3.36. The van der Waals surface area contributed by atoms with E-state index in [2.05, 4.69) is 35.9 Å². The predicted molar refractivity (Wildman–Crippen MR) is 130 cm³/mol. The summed E-state index contributed by atoms with van der Waals surface area (Å²) in [5.74, 6) is 1.58. The number of hydrogen-bond acceptors (Lipinski definition) is 5. The zero-order valence-electron chi connectivity index (χ0n) is 17.8. The summed E-state index contributed by atoms with van der Waals surface area (Å²) in [5, 5.41) is 13.7. The number of allylic oxidation sites excluding steroid dienone is 1. The van der Waals surface area contributed by atoms with Crippen LogP contribution >= 0.6 is 23.4 Å². The first kappa shape index (κ1) is 22.2. The van der Waals surface area contributed by atoms with Crippen LogP contribution in [0.3, 0.4) is 0 Å². The molecule has 1 N–H and O–H groups in total. The normalized spacial score (nSPS) is 11.2. The molecule has 2 aromatic heterocycles. The van der Waals surface area contributed by atoms with Gasteiger partial charge < -0.3 is 9.73 Å². The highest BCUT2D eigenvalue weighted by atomic mass is 35.5. The molecule has 4 aromatic rings. The van der Waals surface area contributed by atoms with Crippen molar-refractivity contribution in [2.24, 2.45) is 0 Å². The summed E-state index contributed by atoms with van der Waals surface area (Å²) in [6, 6.07) is 15.2. The highest BCUT2D eigenvalue weighted by Gasteiger charge is 2.19. The lowest BCUT2D eigenvalue weighted by Gasteiger charge is -2.13. The first-order valence-electron chi connectivity index (χ1n) is 10.2. The second kappa shape index (κ2) is 9.63. The number of furan rings is 1. The fourth-order valence-corrected chi connectivity index (χ4v) is 4.35. The Morgan fingerprint density at radius 2 is 2.06 bits per heavy atom. The quantitative estimate of drug-likeness (QED) is 0.241. The van der Waals surface area contributed by atoms with Gasteiger partial charge in [0.05, 0.1) is 5.75 Å². The van der Waals surface area contributed by atoms with Gasteiger partial charge in [-0.25, -0.2) is 0 Å². The van der Waals surface area contributed by atoms with Gasteiger partial charge in [-0.05, 0) is 41.8 Å². The van der Waals surface area contributed by atoms with Gasteiger partial charge in [0.25, 0.3) is 0 Å². The largest absolute Gasteiger partial charge is 0.453 e. The second-order valence-electron chi connectivity index (χ2n) is 7.58. The lowest BCUT2D eigenvalue weighted by atomic mass is 10.0. The molecule has 1 amide bonds. The number of carbonyl (C=O) groups is 1. The van der Waals surface area contributed by atoms with Gasteiger partial charge in [0, 0.05) is 22.6 Å². The number of rotatable bonds is 8. The summed E-state index contributed by atoms with van der Waals surface area (Å²) in [4.78, 5) is 12.6. The Bertz CT molecular complexity index is 1280. The minimum Gasteiger partial charge on any atom is -0.453 e. The van der Waals surface area contributed by atoms with Crippen LogP contribution in [0, 0.1) is 0 Å². The van der Waals surface area contributed by atoms with Crippen molar-refractivity contribution >= 4 is 45.9 Å². The number of benzene rings is 2. The minimum absolute atomic E-state index is 0.101. The Kier molecular flexibility index (Phi) is 6.67. The van der Waals surface area contributed by atoms with Crippen molar-refractivity contribution in [1.29, 1.82) is 0 Å². The molecule has 6 nitrogen and oxygen atoms in total. The van der Waals surface area contributed by atoms with Crippen molar-refractivity contribution in [1.82, 2.24) is 14.8 Å². The fraction of sp³-hybridized carbons (Fsp3) is 0.208. The van der Waals surface area contributed by atoms with Gasteiger partial charge in [0.2, 0.25) is 11.7 Å². The Balaban J connectivity index is 1.52. The maximum atomic E-state index is 12.6. The summed E-state index contributed by atoms with van der Waals surface area (Å²) in [7, 11) is 0. The van der Waals surface area contributed by atoms with Crippen LogP contribution < -0.4 is 5.32 Å². The van der Waals surface area contributed by atoms with Gasteiger partial charge in [-0.2, -0.15) is 0 Å². The first-order chi connectivity index (χ1) is 15.5. The molecule has 0 fully saturated rings. The van der Waals surface area contributed by atoms with Gasteiger partial charge in [-0.1, -0.05) is 61.5 Å². The number of nitrogens with one attached hydrogen (secondary N) is 1. The fourth-order valence-electron chi connectivity index (χ4n) is 3.43. The van der Waals surface area contributed by atoms with Gasteiger partial charge >= 0.3 is 0 Å². The van der Waals surface area contributed by atoms with E-state index in [9.17, 15) is 4.79 Å². The molecular formula is C24H23ClN4O2S. The van der Waals surface area contributed by atoms with E-state index in [-0.39, 0.29) is 11.7 Å². The number of thioether (sulfide) groups is 1. The first-order valence-corrected chi connectivity index (χ1v) is 11.6. The van der Waals surface area contributed by atoms with Crippen LogP contribution in [-0.4, -0.2) is 26.4 Å². The van der Waals surface area contributed by atoms with Gasteiger partial charge in [0.15, 0.2) is 10.9 Å². The number of fused-ring (bicyclic) bond motifs is 1. The minimum atomic E-state index is -0.101. The Labute approximate surface area is 195 Å². The maximum Gasteiger partial charge on any atom is 0.234 e. The van der Waals surface area contributed by atoms with Gasteiger partial charge in [-0.15, -0.1) is 16.8 Å². The summed E-state index contributed by atoms with van der Waals surface area (Å²) in [6.07, 6.45) is 1.76. The molecular weight excluding hydrogens is 444 g/mol. The van der Waals surface area contributed by atoms with Crippen molar-refractivity contribution in [3.05, 3.63) is 71.8 Å². The van der Waals surface area contributed by atoms with Crippen LogP contribution in [-0.2, 0) is 11.3 Å². The maximum absolute atomic E-state index is 12.6. The van der Waals surface area contributed by atoms with Crippen LogP contribution in [0.25, 0.3) is 22.6 Å². The van der Waals surface area contributed by atoms with E-state index < -0.39 is 0 Å². The molecule has 0 bridgehead atoms. The van der Waals surface area contributed by atoms with Crippen molar-refractivity contribution < 1.29 is 9.21 Å². The number of anilines is 1. The number of carbonyl (C=O) groups excluding carboxylic acids is 1. The van der Waals surface area contributed by atoms with E-state index in [1.165, 1.54) is 11.8 Å². The van der Waals surface area contributed by atoms with Crippen molar-refractivity contribution in [3.63, 3.8) is 0 Å². The second-order valence-corrected chi connectivity index (χ2v) is 8.96. The van der Waals surface area contributed by atoms with E-state index in [4.69, 9.17) is 16.0 Å². The van der Waals surface area contributed by atoms with Crippen LogP contribution in [0.5, 0.6) is 0 Å². The molecule has 0 spiro atoms. The van der Waals surface area contributed by atoms with E-state index in [0.29, 0.717) is 34.2 Å². The van der Waals surface area contributed by atoms with Gasteiger partial charge in [-0.3, -0.25) is 9.36 Å². The van der Waals surface area contributed by atoms with Gasteiger partial charge in [0.1, 0.15) is 5.58 Å². The lowest BCUT2D eigenvalue weighted by molar-refractivity contribution is -0.113. The Morgan fingerprint density at radius 1 is 1.25 bits per heavy atom. The summed E-state index contributed by atoms with van der Waals surface area (Å²) in [6.45, 7) is 8.52. The van der Waals surface area contributed by atoms with Crippen molar-refractivity contribution in [2.45, 2.75) is 31.5 Å².